The van der Waals surface area contributed by atoms with Gasteiger partial charge in [-0.15, -0.1) is 11.6 Å². The van der Waals surface area contributed by atoms with Crippen LogP contribution < -0.4 is 0 Å². The summed E-state index contributed by atoms with van der Waals surface area (Å²) < 4.78 is 5.25. The summed E-state index contributed by atoms with van der Waals surface area (Å²) in [5.41, 5.74) is 1.31. The number of nitrogens with zero attached hydrogens (tertiary/aromatic N) is 1. The van der Waals surface area contributed by atoms with Gasteiger partial charge >= 0.3 is 0 Å². The number of hydrogen-bond donors (Lipinski definition) is 0. The summed E-state index contributed by atoms with van der Waals surface area (Å²) in [5.74, 6) is 0.690. The Balaban J connectivity index is 2.79. The fourth-order valence-electron chi connectivity index (χ4n) is 2.42. The summed E-state index contributed by atoms with van der Waals surface area (Å²) in [6, 6.07) is 0. The van der Waals surface area contributed by atoms with Crippen molar-refractivity contribution >= 4 is 17.3 Å². The van der Waals surface area contributed by atoms with Crippen molar-refractivity contribution in [2.75, 3.05) is 26.1 Å². The largest absolute Gasteiger partial charge is 0.379 e. The Hall–Kier alpha value is -0.0800. The van der Waals surface area contributed by atoms with E-state index in [1.54, 1.807) is 7.11 Å². The molecular formula is C12H22ClNO. The molecule has 0 aromatic carbocycles. The monoisotopic (exact) mass is 231 g/mol. The Morgan fingerprint density at radius 2 is 2.00 bits per heavy atom. The van der Waals surface area contributed by atoms with Gasteiger partial charge in [-0.1, -0.05) is 19.3 Å². The summed E-state index contributed by atoms with van der Waals surface area (Å²) in [5, 5.41) is 0. The van der Waals surface area contributed by atoms with Crippen LogP contribution in [0.5, 0.6) is 0 Å². The zero-order valence-electron chi connectivity index (χ0n) is 9.89. The molecule has 1 saturated carbocycles. The molecule has 0 aromatic rings. The van der Waals surface area contributed by atoms with Gasteiger partial charge < -0.3 is 4.74 Å². The lowest BCUT2D eigenvalue weighted by Gasteiger charge is -2.36. The van der Waals surface area contributed by atoms with Crippen LogP contribution in [0.1, 0.15) is 39.0 Å². The van der Waals surface area contributed by atoms with E-state index in [4.69, 9.17) is 16.3 Å². The average Bonchev–Trinajstić information content (AvgIpc) is 2.30. The van der Waals surface area contributed by atoms with Gasteiger partial charge in [0.1, 0.15) is 0 Å². The average molecular weight is 232 g/mol. The molecule has 0 bridgehead atoms. The maximum absolute atomic E-state index is 6.17. The van der Waals surface area contributed by atoms with E-state index in [1.807, 2.05) is 0 Å². The number of ether oxygens (including phenoxy) is 1. The van der Waals surface area contributed by atoms with Crippen LogP contribution in [0.3, 0.4) is 0 Å². The Labute approximate surface area is 98.1 Å². The number of hydrogen-bond acceptors (Lipinski definition) is 2. The Morgan fingerprint density at radius 1 is 1.33 bits per heavy atom. The number of methoxy groups -OCH3 is 1. The van der Waals surface area contributed by atoms with E-state index in [2.05, 4.69) is 11.9 Å². The summed E-state index contributed by atoms with van der Waals surface area (Å²) >= 11 is 6.17. The topological polar surface area (TPSA) is 21.6 Å². The van der Waals surface area contributed by atoms with Crippen molar-refractivity contribution in [1.29, 1.82) is 0 Å². The maximum Gasteiger partial charge on any atom is 0.0846 e. The fraction of sp³-hybridized carbons (Fsp3) is 0.917. The quantitative estimate of drug-likeness (QED) is 0.526. The second-order valence-corrected chi connectivity index (χ2v) is 4.60. The minimum absolute atomic E-state index is 0.131. The SMILES string of the molecule is CCN=C(COC)C1(CCl)CCCCC1. The molecule has 1 aliphatic rings. The normalized spacial score (nSPS) is 21.7. The molecule has 0 heterocycles. The van der Waals surface area contributed by atoms with Crippen molar-refractivity contribution in [3.8, 4) is 0 Å². The number of rotatable bonds is 5. The zero-order chi connectivity index (χ0) is 11.1. The van der Waals surface area contributed by atoms with Crippen LogP contribution in [0.2, 0.25) is 0 Å². The summed E-state index contributed by atoms with van der Waals surface area (Å²) in [6.07, 6.45) is 6.25. The van der Waals surface area contributed by atoms with Crippen LogP contribution in [-0.2, 0) is 4.74 Å². The molecule has 15 heavy (non-hydrogen) atoms. The molecule has 2 nitrogen and oxygen atoms in total. The van der Waals surface area contributed by atoms with Crippen LogP contribution >= 0.6 is 11.6 Å². The summed E-state index contributed by atoms with van der Waals surface area (Å²) in [4.78, 5) is 4.59. The highest BCUT2D eigenvalue weighted by Gasteiger charge is 2.35. The van der Waals surface area contributed by atoms with Gasteiger partial charge in [0.25, 0.3) is 0 Å². The third kappa shape index (κ3) is 3.18. The smallest absolute Gasteiger partial charge is 0.0846 e. The molecule has 1 fully saturated rings. The Morgan fingerprint density at radius 3 is 2.47 bits per heavy atom. The summed E-state index contributed by atoms with van der Waals surface area (Å²) in [7, 11) is 1.73. The minimum atomic E-state index is 0.131. The fourth-order valence-corrected chi connectivity index (χ4v) is 2.84. The molecular weight excluding hydrogens is 210 g/mol. The van der Waals surface area contributed by atoms with Gasteiger partial charge in [0.2, 0.25) is 0 Å². The second kappa shape index (κ2) is 6.49. The van der Waals surface area contributed by atoms with Crippen LogP contribution in [-0.4, -0.2) is 31.9 Å². The highest BCUT2D eigenvalue weighted by molar-refractivity contribution is 6.20. The van der Waals surface area contributed by atoms with Gasteiger partial charge in [-0.2, -0.15) is 0 Å². The van der Waals surface area contributed by atoms with Crippen LogP contribution in [0.25, 0.3) is 0 Å². The lowest BCUT2D eigenvalue weighted by Crippen LogP contribution is -2.38. The molecule has 0 aliphatic heterocycles. The highest BCUT2D eigenvalue weighted by Crippen LogP contribution is 2.38. The van der Waals surface area contributed by atoms with Crippen molar-refractivity contribution in [1.82, 2.24) is 0 Å². The van der Waals surface area contributed by atoms with E-state index in [9.17, 15) is 0 Å². The molecule has 1 rings (SSSR count). The highest BCUT2D eigenvalue weighted by atomic mass is 35.5. The lowest BCUT2D eigenvalue weighted by atomic mass is 9.72. The second-order valence-electron chi connectivity index (χ2n) is 4.33. The Kier molecular flexibility index (Phi) is 5.62. The van der Waals surface area contributed by atoms with Gasteiger partial charge in [0.15, 0.2) is 0 Å². The van der Waals surface area contributed by atoms with Crippen LogP contribution in [0, 0.1) is 5.41 Å². The molecule has 0 N–H and O–H groups in total. The van der Waals surface area contributed by atoms with Gasteiger partial charge in [0.05, 0.1) is 6.61 Å². The summed E-state index contributed by atoms with van der Waals surface area (Å²) in [6.45, 7) is 3.54. The lowest BCUT2D eigenvalue weighted by molar-refractivity contribution is 0.223. The number of alkyl halides is 1. The van der Waals surface area contributed by atoms with E-state index in [0.29, 0.717) is 12.5 Å². The molecule has 88 valence electrons. The molecule has 3 heteroatoms. The van der Waals surface area contributed by atoms with Crippen molar-refractivity contribution in [2.24, 2.45) is 10.4 Å². The zero-order valence-corrected chi connectivity index (χ0v) is 10.6. The molecule has 0 amide bonds. The van der Waals surface area contributed by atoms with Crippen LogP contribution in [0.15, 0.2) is 4.99 Å². The number of halogens is 1. The first-order valence-electron chi connectivity index (χ1n) is 5.88. The number of aliphatic imine (C=N–C) groups is 1. The van der Waals surface area contributed by atoms with Gasteiger partial charge in [-0.05, 0) is 19.8 Å². The van der Waals surface area contributed by atoms with E-state index in [1.165, 1.54) is 37.8 Å². The molecule has 0 atom stereocenters. The molecule has 1 aliphatic carbocycles. The van der Waals surface area contributed by atoms with Gasteiger partial charge in [-0.25, -0.2) is 0 Å². The van der Waals surface area contributed by atoms with E-state index in [0.717, 1.165) is 6.54 Å². The minimum Gasteiger partial charge on any atom is -0.379 e. The van der Waals surface area contributed by atoms with Crippen molar-refractivity contribution in [3.63, 3.8) is 0 Å². The first kappa shape index (κ1) is 13.0. The molecule has 0 aromatic heterocycles. The van der Waals surface area contributed by atoms with E-state index < -0.39 is 0 Å². The van der Waals surface area contributed by atoms with E-state index >= 15 is 0 Å². The molecule has 0 saturated heterocycles. The van der Waals surface area contributed by atoms with Crippen molar-refractivity contribution in [2.45, 2.75) is 39.0 Å². The third-order valence-electron chi connectivity index (χ3n) is 3.31. The first-order chi connectivity index (χ1) is 7.29. The predicted octanol–water partition coefficient (Wildman–Crippen LogP) is 3.28. The van der Waals surface area contributed by atoms with Crippen molar-refractivity contribution < 1.29 is 4.74 Å². The van der Waals surface area contributed by atoms with E-state index in [-0.39, 0.29) is 5.41 Å². The molecule has 0 unspecified atom stereocenters. The first-order valence-corrected chi connectivity index (χ1v) is 6.41. The third-order valence-corrected chi connectivity index (χ3v) is 3.82. The van der Waals surface area contributed by atoms with Gasteiger partial charge in [0, 0.05) is 30.7 Å². The standard InChI is InChI=1S/C12H22ClNO/c1-3-14-11(9-15-2)12(10-13)7-5-4-6-8-12/h3-10H2,1-2H3. The molecule has 0 spiro atoms. The predicted molar refractivity (Wildman–Crippen MR) is 66.1 cm³/mol. The molecule has 0 radical (unpaired) electrons. The van der Waals surface area contributed by atoms with Crippen LogP contribution in [0.4, 0.5) is 0 Å². The Bertz CT molecular complexity index is 210. The maximum atomic E-state index is 6.17. The van der Waals surface area contributed by atoms with Gasteiger partial charge in [-0.3, -0.25) is 4.99 Å². The van der Waals surface area contributed by atoms with Crippen molar-refractivity contribution in [3.05, 3.63) is 0 Å².